The summed E-state index contributed by atoms with van der Waals surface area (Å²) in [5.74, 6) is -0.551. The molecule has 1 amide bonds. The number of anilines is 4. The Bertz CT molecular complexity index is 1150. The maximum Gasteiger partial charge on any atom is 0.332 e. The van der Waals surface area contributed by atoms with Crippen LogP contribution in [0.1, 0.15) is 19.3 Å². The van der Waals surface area contributed by atoms with Crippen LogP contribution >= 0.6 is 0 Å². The molecule has 2 N–H and O–H groups in total. The first kappa shape index (κ1) is 25.0. The number of amides is 1. The fourth-order valence-corrected chi connectivity index (χ4v) is 3.66. The minimum Gasteiger partial charge on any atom is -0.494 e. The number of ketones is 1. The number of hydrogen-bond donors (Lipinski definition) is 2. The Hall–Kier alpha value is -4.61. The van der Waals surface area contributed by atoms with Gasteiger partial charge < -0.3 is 25.0 Å². The number of benzene rings is 2. The molecule has 2 heterocycles. The van der Waals surface area contributed by atoms with Gasteiger partial charge >= 0.3 is 5.97 Å². The number of carbonyl (C=O) groups excluding carboxylic acids is 3. The van der Waals surface area contributed by atoms with Crippen LogP contribution in [-0.2, 0) is 19.2 Å². The summed E-state index contributed by atoms with van der Waals surface area (Å²) >= 11 is 0. The molecule has 2 aliphatic heterocycles. The monoisotopic (exact) mass is 484 g/mol. The average molecular weight is 484 g/mol. The SMILES string of the molecule is COc1cccc2c1Nc1ccccc1N2CCCCC(=O)ON1CC(=O)C=CC1=O.O=[N+]([O-])O. The number of rotatable bonds is 7. The number of nitrogens with one attached hydrogen (secondary N) is 1. The van der Waals surface area contributed by atoms with Gasteiger partial charge in [0.05, 0.1) is 24.2 Å². The van der Waals surface area contributed by atoms with Gasteiger partial charge in [0.2, 0.25) is 0 Å². The van der Waals surface area contributed by atoms with Gasteiger partial charge in [-0.1, -0.05) is 18.2 Å². The Kier molecular flexibility index (Phi) is 8.22. The number of para-hydroxylation sites is 3. The summed E-state index contributed by atoms with van der Waals surface area (Å²) in [5.41, 5.74) is 3.95. The zero-order valence-corrected chi connectivity index (χ0v) is 18.9. The van der Waals surface area contributed by atoms with Gasteiger partial charge in [-0.2, -0.15) is 5.06 Å². The number of ether oxygens (including phenoxy) is 1. The normalized spacial score (nSPS) is 13.6. The van der Waals surface area contributed by atoms with E-state index in [0.29, 0.717) is 13.0 Å². The van der Waals surface area contributed by atoms with Crippen LogP contribution in [0.2, 0.25) is 0 Å². The molecule has 0 aliphatic carbocycles. The fourth-order valence-electron chi connectivity index (χ4n) is 3.66. The molecule has 2 aliphatic rings. The summed E-state index contributed by atoms with van der Waals surface area (Å²) in [6, 6.07) is 13.9. The first-order valence-corrected chi connectivity index (χ1v) is 10.7. The minimum atomic E-state index is -1.50. The molecule has 4 rings (SSSR count). The lowest BCUT2D eigenvalue weighted by molar-refractivity contribution is -0.742. The Morgan fingerprint density at radius 3 is 2.57 bits per heavy atom. The first-order chi connectivity index (χ1) is 16.8. The molecule has 0 unspecified atom stereocenters. The number of carbonyl (C=O) groups is 3. The highest BCUT2D eigenvalue weighted by atomic mass is 16.9. The predicted molar refractivity (Wildman–Crippen MR) is 124 cm³/mol. The van der Waals surface area contributed by atoms with Crippen molar-refractivity contribution in [1.82, 2.24) is 5.06 Å². The molecule has 2 aromatic carbocycles. The highest BCUT2D eigenvalue weighted by molar-refractivity contribution is 6.04. The lowest BCUT2D eigenvalue weighted by Crippen LogP contribution is -2.38. The molecule has 0 bridgehead atoms. The molecule has 12 heteroatoms. The molecule has 0 saturated heterocycles. The van der Waals surface area contributed by atoms with Gasteiger partial charge in [0, 0.05) is 19.0 Å². The molecule has 0 radical (unpaired) electrons. The van der Waals surface area contributed by atoms with Crippen LogP contribution in [0, 0.1) is 10.1 Å². The summed E-state index contributed by atoms with van der Waals surface area (Å²) < 4.78 is 5.51. The molecule has 35 heavy (non-hydrogen) atoms. The molecule has 12 nitrogen and oxygen atoms in total. The molecule has 0 fully saturated rings. The highest BCUT2D eigenvalue weighted by Gasteiger charge is 2.25. The highest BCUT2D eigenvalue weighted by Crippen LogP contribution is 2.47. The third-order valence-electron chi connectivity index (χ3n) is 5.15. The number of hydroxylamine groups is 2. The smallest absolute Gasteiger partial charge is 0.332 e. The Morgan fingerprint density at radius 1 is 1.11 bits per heavy atom. The van der Waals surface area contributed by atoms with Crippen LogP contribution in [-0.4, -0.2) is 53.2 Å². The van der Waals surface area contributed by atoms with Crippen molar-refractivity contribution in [1.29, 1.82) is 0 Å². The first-order valence-electron chi connectivity index (χ1n) is 10.7. The molecule has 0 atom stereocenters. The third-order valence-corrected chi connectivity index (χ3v) is 5.15. The van der Waals surface area contributed by atoms with Crippen molar-refractivity contribution in [2.24, 2.45) is 0 Å². The van der Waals surface area contributed by atoms with Gasteiger partial charge in [0.25, 0.3) is 11.0 Å². The second-order valence-corrected chi connectivity index (χ2v) is 7.48. The zero-order chi connectivity index (χ0) is 25.4. The van der Waals surface area contributed by atoms with E-state index in [-0.39, 0.29) is 18.7 Å². The number of unbranched alkanes of at least 4 members (excludes halogenated alkanes) is 1. The van der Waals surface area contributed by atoms with E-state index in [2.05, 4.69) is 10.2 Å². The Morgan fingerprint density at radius 2 is 1.83 bits per heavy atom. The van der Waals surface area contributed by atoms with Crippen molar-refractivity contribution in [2.75, 3.05) is 30.4 Å². The van der Waals surface area contributed by atoms with Gasteiger partial charge in [-0.25, -0.2) is 4.79 Å². The van der Waals surface area contributed by atoms with E-state index >= 15 is 0 Å². The fraction of sp³-hybridized carbons (Fsp3) is 0.261. The number of methoxy groups -OCH3 is 1. The molecule has 2 aromatic rings. The van der Waals surface area contributed by atoms with E-state index < -0.39 is 17.0 Å². The van der Waals surface area contributed by atoms with E-state index in [1.807, 2.05) is 42.5 Å². The largest absolute Gasteiger partial charge is 0.494 e. The van der Waals surface area contributed by atoms with Gasteiger partial charge in [-0.05, 0) is 43.2 Å². The molecular weight excluding hydrogens is 460 g/mol. The molecule has 0 aromatic heterocycles. The Labute approximate surface area is 200 Å². The number of hydrogen-bond acceptors (Lipinski definition) is 9. The van der Waals surface area contributed by atoms with E-state index in [1.54, 1.807) is 7.11 Å². The van der Waals surface area contributed by atoms with Crippen molar-refractivity contribution in [3.63, 3.8) is 0 Å². The van der Waals surface area contributed by atoms with Crippen molar-refractivity contribution in [2.45, 2.75) is 19.3 Å². The summed E-state index contributed by atoms with van der Waals surface area (Å²) in [6.07, 6.45) is 3.75. The summed E-state index contributed by atoms with van der Waals surface area (Å²) in [4.78, 5) is 50.8. The van der Waals surface area contributed by atoms with Crippen molar-refractivity contribution >= 4 is 40.4 Å². The van der Waals surface area contributed by atoms with E-state index in [4.69, 9.17) is 24.9 Å². The molecular formula is C23H24N4O8. The van der Waals surface area contributed by atoms with E-state index in [9.17, 15) is 14.4 Å². The molecule has 0 spiro atoms. The average Bonchev–Trinajstić information content (AvgIpc) is 2.82. The van der Waals surface area contributed by atoms with Crippen LogP contribution in [0.25, 0.3) is 0 Å². The maximum absolute atomic E-state index is 12.1. The predicted octanol–water partition coefficient (Wildman–Crippen LogP) is 3.14. The van der Waals surface area contributed by atoms with Gasteiger partial charge in [0.1, 0.15) is 18.0 Å². The van der Waals surface area contributed by atoms with Crippen LogP contribution in [0.4, 0.5) is 22.7 Å². The van der Waals surface area contributed by atoms with Crippen molar-refractivity contribution in [3.05, 3.63) is 64.7 Å². The molecule has 0 saturated carbocycles. The quantitative estimate of drug-likeness (QED) is 0.341. The van der Waals surface area contributed by atoms with Crippen LogP contribution in [0.15, 0.2) is 54.6 Å². The maximum atomic E-state index is 12.1. The summed E-state index contributed by atoms with van der Waals surface area (Å²) in [6.45, 7) is 0.452. The van der Waals surface area contributed by atoms with Crippen LogP contribution in [0.5, 0.6) is 5.75 Å². The van der Waals surface area contributed by atoms with Crippen LogP contribution in [0.3, 0.4) is 0 Å². The topological polar surface area (TPSA) is 152 Å². The van der Waals surface area contributed by atoms with Gasteiger partial charge in [-0.15, -0.1) is 10.1 Å². The van der Waals surface area contributed by atoms with Gasteiger partial charge in [-0.3, -0.25) is 9.59 Å². The summed E-state index contributed by atoms with van der Waals surface area (Å²) in [7, 11) is 1.64. The van der Waals surface area contributed by atoms with Crippen molar-refractivity contribution < 1.29 is 34.3 Å². The van der Waals surface area contributed by atoms with E-state index in [1.165, 1.54) is 6.08 Å². The summed E-state index contributed by atoms with van der Waals surface area (Å²) in [5, 5.41) is 17.9. The minimum absolute atomic E-state index is 0.153. The van der Waals surface area contributed by atoms with E-state index in [0.717, 1.165) is 46.1 Å². The lowest BCUT2D eigenvalue weighted by atomic mass is 10.1. The van der Waals surface area contributed by atoms with Crippen molar-refractivity contribution in [3.8, 4) is 5.75 Å². The zero-order valence-electron chi connectivity index (χ0n) is 18.9. The number of fused-ring (bicyclic) bond motifs is 2. The molecule has 184 valence electrons. The number of nitrogens with zero attached hydrogens (tertiary/aromatic N) is 3. The van der Waals surface area contributed by atoms with Gasteiger partial charge in [0.15, 0.2) is 5.78 Å². The third kappa shape index (κ3) is 6.47. The second-order valence-electron chi connectivity index (χ2n) is 7.48. The Balaban J connectivity index is 0.000000795. The lowest BCUT2D eigenvalue weighted by Gasteiger charge is -2.34. The van der Waals surface area contributed by atoms with Crippen LogP contribution < -0.4 is 15.0 Å². The standard InChI is InChI=1S/C23H23N3O5.HNO3/c1-30-20-10-6-9-19-23(20)24-17-7-2-3-8-18(17)25(19)14-5-4-11-22(29)31-26-15-16(27)12-13-21(26)28;2-1(3)4/h2-3,6-10,12-13,24H,4-5,11,14-15H2,1H3;(H,2,3,4). The second kappa shape index (κ2) is 11.5.